The molecule has 0 aliphatic heterocycles. The zero-order chi connectivity index (χ0) is 10.4. The minimum atomic E-state index is 0.676. The molecule has 0 heterocycles. The molecule has 4 heteroatoms. The maximum atomic E-state index is 5.24. The molecule has 4 nitrogen and oxygen atoms in total. The first kappa shape index (κ1) is 10.2. The Morgan fingerprint density at radius 2 is 2.00 bits per heavy atom. The fraction of sp³-hybridized carbons (Fsp3) is 0.200. The van der Waals surface area contributed by atoms with Gasteiger partial charge in [0, 0.05) is 31.6 Å². The zero-order valence-electron chi connectivity index (χ0n) is 8.36. The average molecular weight is 190 g/mol. The smallest absolute Gasteiger partial charge is 0.108 e. The van der Waals surface area contributed by atoms with Gasteiger partial charge in [0.05, 0.1) is 0 Å². The van der Waals surface area contributed by atoms with Crippen molar-refractivity contribution < 1.29 is 0 Å². The van der Waals surface area contributed by atoms with Crippen molar-refractivity contribution in [1.29, 1.82) is 0 Å². The van der Waals surface area contributed by atoms with Gasteiger partial charge in [-0.2, -0.15) is 5.10 Å². The molecule has 3 N–H and O–H groups in total. The van der Waals surface area contributed by atoms with Crippen molar-refractivity contribution in [3.05, 3.63) is 29.8 Å². The lowest BCUT2D eigenvalue weighted by molar-refractivity contribution is 1.25. The number of aliphatic imine (C=N–C) groups is 1. The third kappa shape index (κ3) is 2.32. The van der Waals surface area contributed by atoms with Gasteiger partial charge in [-0.05, 0) is 12.1 Å². The SMILES string of the molecule is CN=CC(=NN)c1ccc(NC)cc1. The van der Waals surface area contributed by atoms with Crippen molar-refractivity contribution in [2.45, 2.75) is 0 Å². The first-order valence-corrected chi connectivity index (χ1v) is 4.30. The summed E-state index contributed by atoms with van der Waals surface area (Å²) in [5.41, 5.74) is 2.69. The van der Waals surface area contributed by atoms with Crippen molar-refractivity contribution in [1.82, 2.24) is 0 Å². The third-order valence-corrected chi connectivity index (χ3v) is 1.86. The molecule has 0 bridgehead atoms. The molecule has 0 saturated carbocycles. The lowest BCUT2D eigenvalue weighted by Gasteiger charge is -2.02. The number of anilines is 1. The molecule has 0 spiro atoms. The Bertz CT molecular complexity index is 338. The highest BCUT2D eigenvalue weighted by Crippen LogP contribution is 2.08. The van der Waals surface area contributed by atoms with Gasteiger partial charge in [0.25, 0.3) is 0 Å². The predicted molar refractivity (Wildman–Crippen MR) is 61.1 cm³/mol. The molecule has 0 radical (unpaired) electrons. The molecule has 14 heavy (non-hydrogen) atoms. The van der Waals surface area contributed by atoms with Crippen LogP contribution >= 0.6 is 0 Å². The monoisotopic (exact) mass is 190 g/mol. The minimum absolute atomic E-state index is 0.676. The van der Waals surface area contributed by atoms with Gasteiger partial charge in [0.1, 0.15) is 5.71 Å². The van der Waals surface area contributed by atoms with Gasteiger partial charge >= 0.3 is 0 Å². The van der Waals surface area contributed by atoms with Crippen LogP contribution in [-0.4, -0.2) is 26.0 Å². The fourth-order valence-electron chi connectivity index (χ4n) is 1.11. The summed E-state index contributed by atoms with van der Waals surface area (Å²) in [7, 11) is 3.56. The second-order valence-corrected chi connectivity index (χ2v) is 2.73. The van der Waals surface area contributed by atoms with Crippen molar-refractivity contribution in [3.63, 3.8) is 0 Å². The summed E-state index contributed by atoms with van der Waals surface area (Å²) in [5.74, 6) is 5.24. The summed E-state index contributed by atoms with van der Waals surface area (Å²) < 4.78 is 0. The summed E-state index contributed by atoms with van der Waals surface area (Å²) in [6.45, 7) is 0. The number of benzene rings is 1. The molecule has 1 aromatic carbocycles. The number of nitrogens with two attached hydrogens (primary N) is 1. The normalized spacial score (nSPS) is 12.0. The molecule has 0 aromatic heterocycles. The van der Waals surface area contributed by atoms with Crippen LogP contribution in [0.1, 0.15) is 5.56 Å². The topological polar surface area (TPSA) is 62.8 Å². The van der Waals surface area contributed by atoms with Gasteiger partial charge < -0.3 is 11.2 Å². The van der Waals surface area contributed by atoms with Crippen LogP contribution in [0.15, 0.2) is 34.4 Å². The molecule has 1 aromatic rings. The van der Waals surface area contributed by atoms with Crippen LogP contribution in [0.2, 0.25) is 0 Å². The third-order valence-electron chi connectivity index (χ3n) is 1.86. The predicted octanol–water partition coefficient (Wildman–Crippen LogP) is 1.09. The number of hydrogen-bond donors (Lipinski definition) is 2. The maximum Gasteiger partial charge on any atom is 0.108 e. The summed E-state index contributed by atoms with van der Waals surface area (Å²) in [4.78, 5) is 3.87. The van der Waals surface area contributed by atoms with Gasteiger partial charge in [-0.3, -0.25) is 4.99 Å². The molecular formula is C10H14N4. The van der Waals surface area contributed by atoms with E-state index in [-0.39, 0.29) is 0 Å². The van der Waals surface area contributed by atoms with Crippen molar-refractivity contribution in [2.24, 2.45) is 15.9 Å². The summed E-state index contributed by atoms with van der Waals surface area (Å²) in [5, 5.41) is 6.69. The van der Waals surface area contributed by atoms with Crippen molar-refractivity contribution >= 4 is 17.6 Å². The van der Waals surface area contributed by atoms with Gasteiger partial charge in [0.2, 0.25) is 0 Å². The Morgan fingerprint density at radius 3 is 2.43 bits per heavy atom. The number of hydrogen-bond acceptors (Lipinski definition) is 4. The molecule has 0 unspecified atom stereocenters. The van der Waals surface area contributed by atoms with Gasteiger partial charge in [-0.25, -0.2) is 0 Å². The van der Waals surface area contributed by atoms with E-state index in [4.69, 9.17) is 5.84 Å². The van der Waals surface area contributed by atoms with Crippen LogP contribution in [0.25, 0.3) is 0 Å². The highest BCUT2D eigenvalue weighted by atomic mass is 15.1. The van der Waals surface area contributed by atoms with Gasteiger partial charge in [0.15, 0.2) is 0 Å². The molecule has 0 saturated heterocycles. The van der Waals surface area contributed by atoms with Crippen molar-refractivity contribution in [2.75, 3.05) is 19.4 Å². The maximum absolute atomic E-state index is 5.24. The largest absolute Gasteiger partial charge is 0.388 e. The number of hydrazone groups is 1. The molecule has 0 aliphatic carbocycles. The van der Waals surface area contributed by atoms with Gasteiger partial charge in [-0.15, -0.1) is 0 Å². The lowest BCUT2D eigenvalue weighted by atomic mass is 10.1. The standard InChI is InChI=1S/C10H14N4/c1-12-7-10(14-11)8-3-5-9(13-2)6-4-8/h3-7,13H,11H2,1-2H3. The molecule has 1 rings (SSSR count). The molecule has 0 fully saturated rings. The van der Waals surface area contributed by atoms with Crippen LogP contribution in [0.3, 0.4) is 0 Å². The van der Waals surface area contributed by atoms with E-state index < -0.39 is 0 Å². The first-order chi connectivity index (χ1) is 6.81. The van der Waals surface area contributed by atoms with E-state index in [2.05, 4.69) is 15.4 Å². The summed E-state index contributed by atoms with van der Waals surface area (Å²) >= 11 is 0. The summed E-state index contributed by atoms with van der Waals surface area (Å²) in [6.07, 6.45) is 1.63. The van der Waals surface area contributed by atoms with Crippen LogP contribution in [0, 0.1) is 0 Å². The van der Waals surface area contributed by atoms with Crippen LogP contribution in [0.4, 0.5) is 5.69 Å². The molecular weight excluding hydrogens is 176 g/mol. The van der Waals surface area contributed by atoms with Gasteiger partial charge in [-0.1, -0.05) is 12.1 Å². The van der Waals surface area contributed by atoms with E-state index in [9.17, 15) is 0 Å². The quantitative estimate of drug-likeness (QED) is 0.426. The average Bonchev–Trinajstić information content (AvgIpc) is 2.26. The van der Waals surface area contributed by atoms with E-state index in [1.807, 2.05) is 31.3 Å². The van der Waals surface area contributed by atoms with Crippen LogP contribution in [-0.2, 0) is 0 Å². The second-order valence-electron chi connectivity index (χ2n) is 2.73. The highest BCUT2D eigenvalue weighted by molar-refractivity contribution is 6.38. The fourth-order valence-corrected chi connectivity index (χ4v) is 1.11. The zero-order valence-corrected chi connectivity index (χ0v) is 8.36. The Hall–Kier alpha value is -1.84. The molecule has 0 aliphatic rings. The number of rotatable bonds is 3. The Balaban J connectivity index is 2.96. The molecule has 74 valence electrons. The van der Waals surface area contributed by atoms with E-state index in [0.29, 0.717) is 5.71 Å². The second kappa shape index (κ2) is 5.01. The Morgan fingerprint density at radius 1 is 1.36 bits per heavy atom. The van der Waals surface area contributed by atoms with Crippen LogP contribution < -0.4 is 11.2 Å². The van der Waals surface area contributed by atoms with Crippen LogP contribution in [0.5, 0.6) is 0 Å². The molecule has 0 amide bonds. The Labute approximate surface area is 83.5 Å². The van der Waals surface area contributed by atoms with E-state index in [1.165, 1.54) is 0 Å². The highest BCUT2D eigenvalue weighted by Gasteiger charge is 1.99. The Kier molecular flexibility index (Phi) is 3.67. The van der Waals surface area contributed by atoms with Crippen molar-refractivity contribution in [3.8, 4) is 0 Å². The van der Waals surface area contributed by atoms with E-state index in [0.717, 1.165) is 11.3 Å². The number of nitrogens with zero attached hydrogens (tertiary/aromatic N) is 2. The van der Waals surface area contributed by atoms with E-state index in [1.54, 1.807) is 13.3 Å². The summed E-state index contributed by atoms with van der Waals surface area (Å²) in [6, 6.07) is 7.81. The first-order valence-electron chi connectivity index (χ1n) is 4.30. The number of nitrogens with one attached hydrogen (secondary N) is 1. The molecule has 0 atom stereocenters. The lowest BCUT2D eigenvalue weighted by Crippen LogP contribution is -2.05. The minimum Gasteiger partial charge on any atom is -0.388 e. The van der Waals surface area contributed by atoms with E-state index >= 15 is 0 Å².